The molecule has 5 heteroatoms. The van der Waals surface area contributed by atoms with Crippen molar-refractivity contribution in [2.75, 3.05) is 13.7 Å². The van der Waals surface area contributed by atoms with Crippen molar-refractivity contribution in [1.82, 2.24) is 4.90 Å². The van der Waals surface area contributed by atoms with E-state index < -0.39 is 5.97 Å². The molecule has 20 heavy (non-hydrogen) atoms. The molecule has 1 fully saturated rings. The zero-order valence-electron chi connectivity index (χ0n) is 11.6. The van der Waals surface area contributed by atoms with Crippen molar-refractivity contribution in [3.05, 3.63) is 28.2 Å². The molecule has 0 spiro atoms. The Morgan fingerprint density at radius 1 is 1.45 bits per heavy atom. The second kappa shape index (κ2) is 7.09. The number of aliphatic carboxylic acids is 1. The zero-order chi connectivity index (χ0) is 14.5. The van der Waals surface area contributed by atoms with Gasteiger partial charge in [0.2, 0.25) is 0 Å². The van der Waals surface area contributed by atoms with Crippen LogP contribution in [0.5, 0.6) is 5.75 Å². The van der Waals surface area contributed by atoms with Gasteiger partial charge in [0.25, 0.3) is 0 Å². The number of benzene rings is 1. The summed E-state index contributed by atoms with van der Waals surface area (Å²) in [4.78, 5) is 13.5. The second-order valence-electron chi connectivity index (χ2n) is 5.13. The molecule has 0 radical (unpaired) electrons. The monoisotopic (exact) mass is 341 g/mol. The summed E-state index contributed by atoms with van der Waals surface area (Å²) < 4.78 is 6.23. The SMILES string of the molecule is COc1ccc(Br)c(CN2CCCCCC2C(=O)O)c1. The summed E-state index contributed by atoms with van der Waals surface area (Å²) in [5.74, 6) is 0.0795. The Morgan fingerprint density at radius 3 is 2.95 bits per heavy atom. The topological polar surface area (TPSA) is 49.8 Å². The third-order valence-electron chi connectivity index (χ3n) is 3.78. The van der Waals surface area contributed by atoms with Crippen LogP contribution < -0.4 is 4.74 Å². The lowest BCUT2D eigenvalue weighted by molar-refractivity contribution is -0.143. The van der Waals surface area contributed by atoms with Gasteiger partial charge >= 0.3 is 5.97 Å². The van der Waals surface area contributed by atoms with E-state index >= 15 is 0 Å². The van der Waals surface area contributed by atoms with Gasteiger partial charge in [-0.3, -0.25) is 9.69 Å². The molecule has 0 bridgehead atoms. The number of likely N-dealkylation sites (tertiary alicyclic amines) is 1. The Kier molecular flexibility index (Phi) is 5.43. The molecule has 0 aromatic heterocycles. The van der Waals surface area contributed by atoms with E-state index in [2.05, 4.69) is 20.8 Å². The number of ether oxygens (including phenoxy) is 1. The quantitative estimate of drug-likeness (QED) is 0.912. The van der Waals surface area contributed by atoms with Crippen molar-refractivity contribution in [2.45, 2.75) is 38.3 Å². The van der Waals surface area contributed by atoms with Gasteiger partial charge in [-0.2, -0.15) is 0 Å². The van der Waals surface area contributed by atoms with Gasteiger partial charge < -0.3 is 9.84 Å². The lowest BCUT2D eigenvalue weighted by Crippen LogP contribution is -2.40. The van der Waals surface area contributed by atoms with E-state index in [9.17, 15) is 9.90 Å². The van der Waals surface area contributed by atoms with Crippen molar-refractivity contribution in [1.29, 1.82) is 0 Å². The van der Waals surface area contributed by atoms with Crippen LogP contribution >= 0.6 is 15.9 Å². The molecule has 1 unspecified atom stereocenters. The van der Waals surface area contributed by atoms with Crippen LogP contribution in [0.15, 0.2) is 22.7 Å². The molecule has 1 heterocycles. The highest BCUT2D eigenvalue weighted by Crippen LogP contribution is 2.26. The van der Waals surface area contributed by atoms with Crippen LogP contribution in [-0.4, -0.2) is 35.7 Å². The number of carbonyl (C=O) groups is 1. The summed E-state index contributed by atoms with van der Waals surface area (Å²) in [6.07, 6.45) is 3.90. The number of carboxylic acid groups (broad SMARTS) is 1. The van der Waals surface area contributed by atoms with Crippen LogP contribution in [-0.2, 0) is 11.3 Å². The van der Waals surface area contributed by atoms with E-state index in [1.807, 2.05) is 18.2 Å². The predicted molar refractivity (Wildman–Crippen MR) is 81.0 cm³/mol. The number of methoxy groups -OCH3 is 1. The van der Waals surface area contributed by atoms with Crippen LogP contribution in [0.2, 0.25) is 0 Å². The maximum Gasteiger partial charge on any atom is 0.320 e. The van der Waals surface area contributed by atoms with Gasteiger partial charge in [0.1, 0.15) is 11.8 Å². The Hall–Kier alpha value is -1.07. The number of halogens is 1. The van der Waals surface area contributed by atoms with E-state index in [1.165, 1.54) is 0 Å². The summed E-state index contributed by atoms with van der Waals surface area (Å²) in [5, 5.41) is 9.40. The largest absolute Gasteiger partial charge is 0.497 e. The summed E-state index contributed by atoms with van der Waals surface area (Å²) in [6, 6.07) is 5.43. The highest BCUT2D eigenvalue weighted by atomic mass is 79.9. The number of nitrogens with zero attached hydrogens (tertiary/aromatic N) is 1. The molecule has 2 rings (SSSR count). The van der Waals surface area contributed by atoms with Gasteiger partial charge in [-0.1, -0.05) is 28.8 Å². The molecule has 0 saturated carbocycles. The smallest absolute Gasteiger partial charge is 0.320 e. The number of hydrogen-bond acceptors (Lipinski definition) is 3. The first-order valence-electron chi connectivity index (χ1n) is 6.91. The number of rotatable bonds is 4. The van der Waals surface area contributed by atoms with Crippen LogP contribution in [0.4, 0.5) is 0 Å². The fourth-order valence-corrected chi connectivity index (χ4v) is 3.03. The van der Waals surface area contributed by atoms with Crippen LogP contribution in [0.3, 0.4) is 0 Å². The highest BCUT2D eigenvalue weighted by molar-refractivity contribution is 9.10. The van der Waals surface area contributed by atoms with Crippen LogP contribution in [0.25, 0.3) is 0 Å². The van der Waals surface area contributed by atoms with Crippen molar-refractivity contribution in [3.63, 3.8) is 0 Å². The number of carboxylic acids is 1. The van der Waals surface area contributed by atoms with Crippen LogP contribution in [0.1, 0.15) is 31.2 Å². The maximum absolute atomic E-state index is 11.4. The summed E-state index contributed by atoms with van der Waals surface area (Å²) in [6.45, 7) is 1.47. The second-order valence-corrected chi connectivity index (χ2v) is 5.99. The first-order chi connectivity index (χ1) is 9.61. The maximum atomic E-state index is 11.4. The lowest BCUT2D eigenvalue weighted by Gasteiger charge is -2.27. The molecular formula is C15H20BrNO3. The first kappa shape index (κ1) is 15.3. The zero-order valence-corrected chi connectivity index (χ0v) is 13.2. The Morgan fingerprint density at radius 2 is 2.25 bits per heavy atom. The highest BCUT2D eigenvalue weighted by Gasteiger charge is 2.27. The molecule has 1 aromatic rings. The van der Waals surface area contributed by atoms with Crippen molar-refractivity contribution in [3.8, 4) is 5.75 Å². The van der Waals surface area contributed by atoms with Gasteiger partial charge in [-0.25, -0.2) is 0 Å². The standard InChI is InChI=1S/C15H20BrNO3/c1-20-12-6-7-13(16)11(9-12)10-17-8-4-2-3-5-14(17)15(18)19/h6-7,9,14H,2-5,8,10H2,1H3,(H,18,19). The Balaban J connectivity index is 2.19. The van der Waals surface area contributed by atoms with Crippen LogP contribution in [0, 0.1) is 0 Å². The summed E-state index contributed by atoms with van der Waals surface area (Å²) in [7, 11) is 1.64. The molecule has 1 aliphatic rings. The van der Waals surface area contributed by atoms with E-state index in [1.54, 1.807) is 7.11 Å². The van der Waals surface area contributed by atoms with Gasteiger partial charge in [0.05, 0.1) is 7.11 Å². The third kappa shape index (κ3) is 3.73. The molecule has 1 aromatic carbocycles. The van der Waals surface area contributed by atoms with E-state index in [4.69, 9.17) is 4.74 Å². The Labute approximate surface area is 127 Å². The Bertz CT molecular complexity index is 478. The average molecular weight is 342 g/mol. The third-order valence-corrected chi connectivity index (χ3v) is 4.55. The molecular weight excluding hydrogens is 322 g/mol. The van der Waals surface area contributed by atoms with Crippen molar-refractivity contribution in [2.24, 2.45) is 0 Å². The molecule has 110 valence electrons. The molecule has 1 aliphatic heterocycles. The van der Waals surface area contributed by atoms with E-state index in [0.29, 0.717) is 6.54 Å². The molecule has 0 aliphatic carbocycles. The minimum Gasteiger partial charge on any atom is -0.497 e. The molecule has 4 nitrogen and oxygen atoms in total. The minimum atomic E-state index is -0.717. The summed E-state index contributed by atoms with van der Waals surface area (Å²) >= 11 is 3.53. The predicted octanol–water partition coefficient (Wildman–Crippen LogP) is 3.29. The fourth-order valence-electron chi connectivity index (χ4n) is 2.65. The first-order valence-corrected chi connectivity index (χ1v) is 7.70. The van der Waals surface area contributed by atoms with Gasteiger partial charge in [0.15, 0.2) is 0 Å². The minimum absolute atomic E-state index is 0.379. The van der Waals surface area contributed by atoms with Gasteiger partial charge in [-0.15, -0.1) is 0 Å². The fraction of sp³-hybridized carbons (Fsp3) is 0.533. The van der Waals surface area contributed by atoms with Crippen molar-refractivity contribution >= 4 is 21.9 Å². The number of hydrogen-bond donors (Lipinski definition) is 1. The summed E-state index contributed by atoms with van der Waals surface area (Å²) in [5.41, 5.74) is 1.07. The molecule has 0 amide bonds. The van der Waals surface area contributed by atoms with Gasteiger partial charge in [-0.05, 0) is 43.1 Å². The van der Waals surface area contributed by atoms with Gasteiger partial charge in [0, 0.05) is 11.0 Å². The van der Waals surface area contributed by atoms with E-state index in [0.717, 1.165) is 48.0 Å². The normalized spacial score (nSPS) is 20.4. The van der Waals surface area contributed by atoms with Crippen molar-refractivity contribution < 1.29 is 14.6 Å². The molecule has 1 atom stereocenters. The molecule has 1 saturated heterocycles. The lowest BCUT2D eigenvalue weighted by atomic mass is 10.1. The molecule has 1 N–H and O–H groups in total. The average Bonchev–Trinajstić information content (AvgIpc) is 2.66. The van der Waals surface area contributed by atoms with E-state index in [-0.39, 0.29) is 6.04 Å².